The van der Waals surface area contributed by atoms with Gasteiger partial charge >= 0.3 is 0 Å². The van der Waals surface area contributed by atoms with Crippen molar-refractivity contribution in [1.82, 2.24) is 0 Å². The fourth-order valence-electron chi connectivity index (χ4n) is 0.717. The first-order chi connectivity index (χ1) is 5.65. The molecule has 2 N–H and O–H groups in total. The average Bonchev–Trinajstić information content (AvgIpc) is 2.01. The lowest BCUT2D eigenvalue weighted by atomic mass is 10.2. The summed E-state index contributed by atoms with van der Waals surface area (Å²) in [7, 11) is 0. The third-order valence-electron chi connectivity index (χ3n) is 1.25. The minimum Gasteiger partial charge on any atom is -0.323 e. The lowest BCUT2D eigenvalue weighted by Crippen LogP contribution is -1.92. The van der Waals surface area contributed by atoms with E-state index in [0.717, 1.165) is 3.57 Å². The number of hydrogen-bond acceptors (Lipinski definition) is 2. The molecule has 1 rings (SSSR count). The number of halogens is 3. The molecule has 0 fully saturated rings. The van der Waals surface area contributed by atoms with Crippen molar-refractivity contribution in [2.45, 2.75) is 0 Å². The number of hydrazone groups is 1. The van der Waals surface area contributed by atoms with Gasteiger partial charge in [-0.15, -0.1) is 0 Å². The average molecular weight is 343 g/mol. The molecule has 0 aromatic heterocycles. The molecule has 0 aliphatic rings. The molecule has 0 saturated carbocycles. The van der Waals surface area contributed by atoms with E-state index in [9.17, 15) is 4.39 Å². The fourth-order valence-corrected chi connectivity index (χ4v) is 2.09. The molecule has 5 heteroatoms. The van der Waals surface area contributed by atoms with Crippen molar-refractivity contribution in [3.8, 4) is 0 Å². The van der Waals surface area contributed by atoms with Crippen LogP contribution in [-0.4, -0.2) is 6.21 Å². The third-order valence-corrected chi connectivity index (χ3v) is 2.80. The quantitative estimate of drug-likeness (QED) is 0.275. The van der Waals surface area contributed by atoms with Crippen LogP contribution in [0.3, 0.4) is 0 Å². The third kappa shape index (κ3) is 2.16. The van der Waals surface area contributed by atoms with Gasteiger partial charge in [-0.05, 0) is 50.7 Å². The van der Waals surface area contributed by atoms with E-state index in [1.807, 2.05) is 0 Å². The SMILES string of the molecule is NN=Cc1cc(F)c(Br)cc1I. The summed E-state index contributed by atoms with van der Waals surface area (Å²) in [5.74, 6) is 4.63. The fraction of sp³-hybridized carbons (Fsp3) is 0. The molecule has 1 aromatic rings. The van der Waals surface area contributed by atoms with Gasteiger partial charge in [-0.1, -0.05) is 0 Å². The van der Waals surface area contributed by atoms with Crippen molar-refractivity contribution in [3.05, 3.63) is 31.6 Å². The van der Waals surface area contributed by atoms with Crippen molar-refractivity contribution in [2.24, 2.45) is 10.9 Å². The Morgan fingerprint density at radius 2 is 2.25 bits per heavy atom. The number of nitrogens with two attached hydrogens (primary N) is 1. The Balaban J connectivity index is 3.23. The van der Waals surface area contributed by atoms with Crippen molar-refractivity contribution in [3.63, 3.8) is 0 Å². The second-order valence-corrected chi connectivity index (χ2v) is 4.08. The molecular formula is C7H5BrFIN2. The molecule has 12 heavy (non-hydrogen) atoms. The highest BCUT2D eigenvalue weighted by atomic mass is 127. The van der Waals surface area contributed by atoms with Crippen LogP contribution in [0.1, 0.15) is 5.56 Å². The van der Waals surface area contributed by atoms with Gasteiger partial charge in [0.15, 0.2) is 0 Å². The molecular weight excluding hydrogens is 338 g/mol. The van der Waals surface area contributed by atoms with Crippen molar-refractivity contribution in [2.75, 3.05) is 0 Å². The summed E-state index contributed by atoms with van der Waals surface area (Å²) in [6.07, 6.45) is 1.41. The Labute approximate surface area is 91.3 Å². The predicted molar refractivity (Wildman–Crippen MR) is 58.6 cm³/mol. The molecule has 0 aliphatic heterocycles. The molecule has 0 radical (unpaired) electrons. The summed E-state index contributed by atoms with van der Waals surface area (Å²) in [4.78, 5) is 0. The Kier molecular flexibility index (Phi) is 3.45. The van der Waals surface area contributed by atoms with Gasteiger partial charge in [0.2, 0.25) is 0 Å². The minimum atomic E-state index is -0.315. The Morgan fingerprint density at radius 3 is 2.83 bits per heavy atom. The van der Waals surface area contributed by atoms with Crippen molar-refractivity contribution in [1.29, 1.82) is 0 Å². The van der Waals surface area contributed by atoms with Gasteiger partial charge in [0, 0.05) is 9.13 Å². The molecule has 2 nitrogen and oxygen atoms in total. The molecule has 0 saturated heterocycles. The maximum absolute atomic E-state index is 12.9. The maximum Gasteiger partial charge on any atom is 0.138 e. The highest BCUT2D eigenvalue weighted by Crippen LogP contribution is 2.21. The predicted octanol–water partition coefficient (Wildman–Crippen LogP) is 2.49. The van der Waals surface area contributed by atoms with Crippen molar-refractivity contribution >= 4 is 44.7 Å². The summed E-state index contributed by atoms with van der Waals surface area (Å²) < 4.78 is 14.3. The van der Waals surface area contributed by atoms with E-state index < -0.39 is 0 Å². The van der Waals surface area contributed by atoms with Gasteiger partial charge in [-0.25, -0.2) is 4.39 Å². The Bertz CT molecular complexity index is 327. The summed E-state index contributed by atoms with van der Waals surface area (Å²) in [5, 5.41) is 3.33. The monoisotopic (exact) mass is 342 g/mol. The van der Waals surface area contributed by atoms with E-state index >= 15 is 0 Å². The first-order valence-corrected chi connectivity index (χ1v) is 4.90. The molecule has 64 valence electrons. The van der Waals surface area contributed by atoms with Gasteiger partial charge in [0.1, 0.15) is 5.82 Å². The van der Waals surface area contributed by atoms with Crippen LogP contribution >= 0.6 is 38.5 Å². The Hall–Kier alpha value is -0.170. The van der Waals surface area contributed by atoms with Crippen LogP contribution in [0.2, 0.25) is 0 Å². The molecule has 0 spiro atoms. The standard InChI is InChI=1S/C7H5BrFIN2/c8-5-2-7(10)4(3-12-11)1-6(5)9/h1-3H,11H2. The topological polar surface area (TPSA) is 38.4 Å². The lowest BCUT2D eigenvalue weighted by molar-refractivity contribution is 0.620. The van der Waals surface area contributed by atoms with Crippen LogP contribution in [-0.2, 0) is 0 Å². The number of nitrogens with zero attached hydrogens (tertiary/aromatic N) is 1. The lowest BCUT2D eigenvalue weighted by Gasteiger charge is -1.99. The van der Waals surface area contributed by atoms with Crippen LogP contribution in [0.25, 0.3) is 0 Å². The first kappa shape index (κ1) is 9.91. The van der Waals surface area contributed by atoms with Gasteiger partial charge in [-0.2, -0.15) is 5.10 Å². The molecule has 0 heterocycles. The molecule has 0 unspecified atom stereocenters. The minimum absolute atomic E-state index is 0.315. The summed E-state index contributed by atoms with van der Waals surface area (Å²) >= 11 is 5.16. The van der Waals surface area contributed by atoms with Crippen LogP contribution in [0.15, 0.2) is 21.7 Å². The van der Waals surface area contributed by atoms with Crippen molar-refractivity contribution < 1.29 is 4.39 Å². The van der Waals surface area contributed by atoms with Gasteiger partial charge in [-0.3, -0.25) is 0 Å². The number of benzene rings is 1. The zero-order chi connectivity index (χ0) is 9.14. The second kappa shape index (κ2) is 4.18. The smallest absolute Gasteiger partial charge is 0.138 e. The molecule has 0 bridgehead atoms. The highest BCUT2D eigenvalue weighted by Gasteiger charge is 2.03. The summed E-state index contributed by atoms with van der Waals surface area (Å²) in [6.45, 7) is 0. The van der Waals surface area contributed by atoms with E-state index in [2.05, 4.69) is 43.6 Å². The van der Waals surface area contributed by atoms with E-state index in [4.69, 9.17) is 5.84 Å². The van der Waals surface area contributed by atoms with E-state index in [-0.39, 0.29) is 5.82 Å². The van der Waals surface area contributed by atoms with E-state index in [1.54, 1.807) is 6.07 Å². The molecule has 0 aliphatic carbocycles. The van der Waals surface area contributed by atoms with Crippen LogP contribution in [0.4, 0.5) is 4.39 Å². The normalized spacial score (nSPS) is 10.9. The number of hydrogen-bond donors (Lipinski definition) is 1. The zero-order valence-electron chi connectivity index (χ0n) is 5.89. The first-order valence-electron chi connectivity index (χ1n) is 3.03. The number of rotatable bonds is 1. The van der Waals surface area contributed by atoms with Crippen LogP contribution in [0, 0.1) is 9.39 Å². The van der Waals surface area contributed by atoms with E-state index in [0.29, 0.717) is 10.0 Å². The summed E-state index contributed by atoms with van der Waals surface area (Å²) in [6, 6.07) is 3.05. The molecule has 1 aromatic carbocycles. The largest absolute Gasteiger partial charge is 0.323 e. The molecule has 0 amide bonds. The van der Waals surface area contributed by atoms with E-state index in [1.165, 1.54) is 12.3 Å². The second-order valence-electron chi connectivity index (χ2n) is 2.07. The highest BCUT2D eigenvalue weighted by molar-refractivity contribution is 14.1. The van der Waals surface area contributed by atoms with Gasteiger partial charge in [0.25, 0.3) is 0 Å². The maximum atomic E-state index is 12.9. The zero-order valence-corrected chi connectivity index (χ0v) is 9.63. The van der Waals surface area contributed by atoms with Crippen LogP contribution in [0.5, 0.6) is 0 Å². The van der Waals surface area contributed by atoms with Gasteiger partial charge in [0.05, 0.1) is 10.7 Å². The van der Waals surface area contributed by atoms with Crippen LogP contribution < -0.4 is 5.84 Å². The Morgan fingerprint density at radius 1 is 1.58 bits per heavy atom. The molecule has 0 atom stereocenters. The summed E-state index contributed by atoms with van der Waals surface area (Å²) in [5.41, 5.74) is 0.679. The van der Waals surface area contributed by atoms with Gasteiger partial charge < -0.3 is 5.84 Å².